The molecule has 1 aliphatic carbocycles. The first-order valence-corrected chi connectivity index (χ1v) is 16.3. The SMILES string of the molecule is Cc1ccnc(NC(=O)c2ccc(N3C(=O)Nc4c(C(=O)N[C@H]5CCCN(C(=O)/C(C#N)=C/C6CC6)C5)sc5nccc3c45)c(F)c2)c1. The first kappa shape index (κ1) is 30.9. The van der Waals surface area contributed by atoms with Gasteiger partial charge in [0.1, 0.15) is 33.0 Å². The number of amides is 5. The van der Waals surface area contributed by atoms with Crippen LogP contribution in [0.15, 0.2) is 60.4 Å². The van der Waals surface area contributed by atoms with Gasteiger partial charge in [-0.3, -0.25) is 19.3 Å². The number of nitriles is 1. The van der Waals surface area contributed by atoms with Crippen LogP contribution in [-0.4, -0.2) is 57.8 Å². The Morgan fingerprint density at radius 3 is 2.65 bits per heavy atom. The van der Waals surface area contributed by atoms with E-state index < -0.39 is 23.7 Å². The highest BCUT2D eigenvalue weighted by Crippen LogP contribution is 2.46. The number of carbonyl (C=O) groups is 4. The van der Waals surface area contributed by atoms with Crippen molar-refractivity contribution in [3.05, 3.63) is 82.3 Å². The Bertz CT molecular complexity index is 2080. The topological polar surface area (TPSA) is 160 Å². The van der Waals surface area contributed by atoms with Gasteiger partial charge in [0.15, 0.2) is 0 Å². The summed E-state index contributed by atoms with van der Waals surface area (Å²) < 4.78 is 15.6. The average molecular weight is 665 g/mol. The molecule has 48 heavy (non-hydrogen) atoms. The van der Waals surface area contributed by atoms with Crippen molar-refractivity contribution in [2.45, 2.75) is 38.6 Å². The number of likely N-dealkylation sites (tertiary alicyclic amines) is 1. The maximum absolute atomic E-state index is 15.6. The molecule has 1 saturated carbocycles. The van der Waals surface area contributed by atoms with Crippen molar-refractivity contribution in [3.63, 3.8) is 0 Å². The van der Waals surface area contributed by atoms with Gasteiger partial charge in [0.2, 0.25) is 0 Å². The normalized spacial score (nSPS) is 17.5. The standard InChI is InChI=1S/C34H29FN8O4S/c1-18-8-10-37-26(13-18)40-30(44)20-6-7-24(23(35)15-20)43-25-9-11-38-32-27(25)28(41-34(43)47)29(48-32)31(45)39-22-3-2-12-42(17-22)33(46)21(16-36)14-19-4-5-19/h6-11,13-15,19,22H,2-5,12,17H2,1H3,(H,39,45)(H,41,47)(H,37,40,44)/b21-14+/t22-/m0/s1. The van der Waals surface area contributed by atoms with Crippen molar-refractivity contribution in [3.8, 4) is 6.07 Å². The van der Waals surface area contributed by atoms with Crippen molar-refractivity contribution in [2.24, 2.45) is 5.92 Å². The van der Waals surface area contributed by atoms with Crippen LogP contribution in [0.4, 0.5) is 32.1 Å². The third kappa shape index (κ3) is 5.95. The second-order valence-corrected chi connectivity index (χ2v) is 13.0. The summed E-state index contributed by atoms with van der Waals surface area (Å²) in [6.45, 7) is 2.61. The van der Waals surface area contributed by atoms with Crippen LogP contribution in [0.2, 0.25) is 0 Å². The first-order valence-electron chi connectivity index (χ1n) is 15.5. The van der Waals surface area contributed by atoms with Gasteiger partial charge >= 0.3 is 6.03 Å². The van der Waals surface area contributed by atoms with Crippen molar-refractivity contribution >= 4 is 68.2 Å². The molecule has 0 bridgehead atoms. The van der Waals surface area contributed by atoms with E-state index in [4.69, 9.17) is 0 Å². The Kier molecular flexibility index (Phi) is 8.06. The Labute approximate surface area is 278 Å². The number of piperidine rings is 1. The van der Waals surface area contributed by atoms with Crippen molar-refractivity contribution in [1.29, 1.82) is 5.26 Å². The predicted molar refractivity (Wildman–Crippen MR) is 178 cm³/mol. The maximum atomic E-state index is 15.6. The lowest BCUT2D eigenvalue weighted by molar-refractivity contribution is -0.128. The number of allylic oxidation sites excluding steroid dienone is 1. The molecule has 3 aliphatic rings. The fraction of sp³-hybridized carbons (Fsp3) is 0.265. The maximum Gasteiger partial charge on any atom is 0.331 e. The predicted octanol–water partition coefficient (Wildman–Crippen LogP) is 5.66. The van der Waals surface area contributed by atoms with Crippen LogP contribution in [0.3, 0.4) is 0 Å². The number of halogens is 1. The van der Waals surface area contributed by atoms with Crippen LogP contribution in [0, 0.1) is 30.0 Å². The molecule has 2 aliphatic heterocycles. The zero-order valence-corrected chi connectivity index (χ0v) is 26.6. The summed E-state index contributed by atoms with van der Waals surface area (Å²) in [5.74, 6) is -1.53. The zero-order chi connectivity index (χ0) is 33.5. The number of nitrogens with zero attached hydrogens (tertiary/aromatic N) is 5. The van der Waals surface area contributed by atoms with Crippen LogP contribution < -0.4 is 20.9 Å². The first-order chi connectivity index (χ1) is 23.2. The highest BCUT2D eigenvalue weighted by atomic mass is 32.1. The van der Waals surface area contributed by atoms with E-state index in [-0.39, 0.29) is 51.8 Å². The molecule has 1 saturated heterocycles. The van der Waals surface area contributed by atoms with E-state index >= 15 is 4.39 Å². The fourth-order valence-corrected chi connectivity index (χ4v) is 6.98. The van der Waals surface area contributed by atoms with E-state index in [1.807, 2.05) is 13.0 Å². The summed E-state index contributed by atoms with van der Waals surface area (Å²) in [6.07, 6.45) is 8.03. The molecular weight excluding hydrogens is 635 g/mol. The van der Waals surface area contributed by atoms with E-state index in [9.17, 15) is 24.4 Å². The fourth-order valence-electron chi connectivity index (χ4n) is 5.96. The minimum Gasteiger partial charge on any atom is -0.347 e. The Hall–Kier alpha value is -5.68. The molecular formula is C34H29FN8O4S. The van der Waals surface area contributed by atoms with Crippen LogP contribution in [0.1, 0.15) is 51.3 Å². The number of hydrogen-bond acceptors (Lipinski definition) is 8. The summed E-state index contributed by atoms with van der Waals surface area (Å²) in [5, 5.41) is 18.4. The van der Waals surface area contributed by atoms with E-state index in [0.29, 0.717) is 41.1 Å². The second-order valence-electron chi connectivity index (χ2n) is 12.0. The number of anilines is 4. The average Bonchev–Trinajstić information content (AvgIpc) is 3.82. The number of urea groups is 1. The molecule has 0 unspecified atom stereocenters. The van der Waals surface area contributed by atoms with Gasteiger partial charge in [-0.1, -0.05) is 6.08 Å². The van der Waals surface area contributed by atoms with Gasteiger partial charge in [0.05, 0.1) is 22.4 Å². The molecule has 0 spiro atoms. The van der Waals surface area contributed by atoms with Gasteiger partial charge in [0.25, 0.3) is 17.7 Å². The highest BCUT2D eigenvalue weighted by molar-refractivity contribution is 7.21. The number of aryl methyl sites for hydroxylation is 1. The van der Waals surface area contributed by atoms with Crippen molar-refractivity contribution in [1.82, 2.24) is 20.2 Å². The number of pyridine rings is 2. The third-order valence-corrected chi connectivity index (χ3v) is 9.58. The molecule has 7 rings (SSSR count). The molecule has 5 amide bonds. The molecule has 1 aromatic carbocycles. The molecule has 242 valence electrons. The lowest BCUT2D eigenvalue weighted by Crippen LogP contribution is -2.50. The van der Waals surface area contributed by atoms with Gasteiger partial charge in [0, 0.05) is 37.1 Å². The van der Waals surface area contributed by atoms with Gasteiger partial charge in [-0.2, -0.15) is 5.26 Å². The van der Waals surface area contributed by atoms with Crippen LogP contribution in [0.5, 0.6) is 0 Å². The molecule has 3 aromatic heterocycles. The summed E-state index contributed by atoms with van der Waals surface area (Å²) in [7, 11) is 0. The lowest BCUT2D eigenvalue weighted by Gasteiger charge is -2.33. The second kappa shape index (κ2) is 12.5. The Morgan fingerprint density at radius 2 is 1.90 bits per heavy atom. The number of rotatable bonds is 7. The number of carbonyl (C=O) groups excluding carboxylic acids is 4. The van der Waals surface area contributed by atoms with Crippen LogP contribution >= 0.6 is 11.3 Å². The van der Waals surface area contributed by atoms with Gasteiger partial charge in [-0.15, -0.1) is 11.3 Å². The molecule has 5 heterocycles. The van der Waals surface area contributed by atoms with E-state index in [0.717, 1.165) is 40.7 Å². The van der Waals surface area contributed by atoms with Crippen LogP contribution in [0.25, 0.3) is 10.2 Å². The highest BCUT2D eigenvalue weighted by Gasteiger charge is 2.35. The minimum atomic E-state index is -0.806. The molecule has 1 atom stereocenters. The van der Waals surface area contributed by atoms with Gasteiger partial charge in [-0.25, -0.2) is 19.2 Å². The molecule has 2 fully saturated rings. The summed E-state index contributed by atoms with van der Waals surface area (Å²) in [6, 6.07) is 9.82. The van der Waals surface area contributed by atoms with E-state index in [2.05, 4.69) is 25.9 Å². The number of benzene rings is 1. The molecule has 12 nitrogen and oxygen atoms in total. The lowest BCUT2D eigenvalue weighted by atomic mass is 10.0. The number of hydrogen-bond donors (Lipinski definition) is 3. The molecule has 3 N–H and O–H groups in total. The summed E-state index contributed by atoms with van der Waals surface area (Å²) >= 11 is 1.09. The number of thiophene rings is 1. The van der Waals surface area contributed by atoms with Crippen LogP contribution in [-0.2, 0) is 4.79 Å². The van der Waals surface area contributed by atoms with E-state index in [1.54, 1.807) is 35.4 Å². The van der Waals surface area contributed by atoms with E-state index in [1.165, 1.54) is 18.3 Å². The molecule has 0 radical (unpaired) electrons. The van der Waals surface area contributed by atoms with Gasteiger partial charge < -0.3 is 20.9 Å². The van der Waals surface area contributed by atoms with Crippen molar-refractivity contribution < 1.29 is 23.6 Å². The van der Waals surface area contributed by atoms with Gasteiger partial charge in [-0.05, 0) is 80.5 Å². The summed E-state index contributed by atoms with van der Waals surface area (Å²) in [5.41, 5.74) is 1.58. The smallest absolute Gasteiger partial charge is 0.331 e. The minimum absolute atomic E-state index is 0.0396. The molecule has 14 heteroatoms. The monoisotopic (exact) mass is 664 g/mol. The molecule has 4 aromatic rings. The number of aromatic nitrogens is 2. The third-order valence-electron chi connectivity index (χ3n) is 8.48. The quantitative estimate of drug-likeness (QED) is 0.170. The largest absolute Gasteiger partial charge is 0.347 e. The zero-order valence-electron chi connectivity index (χ0n) is 25.7. The van der Waals surface area contributed by atoms with Crippen molar-refractivity contribution in [2.75, 3.05) is 28.6 Å². The Balaban J connectivity index is 1.11. The summed E-state index contributed by atoms with van der Waals surface area (Å²) in [4.78, 5) is 64.9. The Morgan fingerprint density at radius 1 is 1.08 bits per heavy atom. The number of nitrogens with one attached hydrogen (secondary N) is 3.